The summed E-state index contributed by atoms with van der Waals surface area (Å²) in [6.45, 7) is 23.3. The zero-order valence-electron chi connectivity index (χ0n) is 51.2. The Balaban J connectivity index is 0.000000186. The highest BCUT2D eigenvalue weighted by molar-refractivity contribution is 6.61. The van der Waals surface area contributed by atoms with Crippen LogP contribution in [0.1, 0.15) is 38.0 Å². The van der Waals surface area contributed by atoms with E-state index in [-0.39, 0.29) is 50.9 Å². The number of nitrogens with zero attached hydrogens (tertiary/aromatic N) is 8. The number of benzene rings is 6. The molecule has 0 aliphatic carbocycles. The molecule has 0 atom stereocenters. The van der Waals surface area contributed by atoms with E-state index in [9.17, 15) is 24.6 Å². The number of phenolic OH excluding ortho intramolecular Hbond substituents is 2. The van der Waals surface area contributed by atoms with Crippen molar-refractivity contribution in [3.8, 4) is 51.7 Å². The maximum Gasteiger partial charge on any atom is 0.410 e. The van der Waals surface area contributed by atoms with Gasteiger partial charge in [0.05, 0.1) is 23.3 Å². The number of aromatic hydroxyl groups is 2. The van der Waals surface area contributed by atoms with Crippen LogP contribution in [0.4, 0.5) is 31.4 Å². The van der Waals surface area contributed by atoms with Crippen LogP contribution in [0.15, 0.2) is 162 Å². The molecule has 3 fully saturated rings. The fourth-order valence-corrected chi connectivity index (χ4v) is 10.4. The summed E-state index contributed by atoms with van der Waals surface area (Å²) in [5, 5.41) is 24.8. The number of halogens is 5. The van der Waals surface area contributed by atoms with Crippen molar-refractivity contribution < 1.29 is 57.8 Å². The molecule has 12 rings (SSSR count). The quantitative estimate of drug-likeness (QED) is 0.0558. The van der Waals surface area contributed by atoms with Gasteiger partial charge in [-0.05, 0) is 97.9 Å². The van der Waals surface area contributed by atoms with Crippen molar-refractivity contribution in [2.75, 3.05) is 111 Å². The smallest absolute Gasteiger partial charge is 0.410 e. The number of carbonyl (C=O) groups is 3. The lowest BCUT2D eigenvalue weighted by atomic mass is 10.1. The Hall–Kier alpha value is -8.83. The summed E-state index contributed by atoms with van der Waals surface area (Å²) >= 11 is 28.5. The van der Waals surface area contributed by atoms with E-state index >= 15 is 0 Å². The van der Waals surface area contributed by atoms with Crippen molar-refractivity contribution in [3.05, 3.63) is 179 Å². The maximum atomic E-state index is 12.2. The van der Waals surface area contributed by atoms with Crippen molar-refractivity contribution in [3.63, 3.8) is 0 Å². The topological polar surface area (TPSA) is 222 Å². The number of hydrogen-bond acceptors (Lipinski definition) is 19. The van der Waals surface area contributed by atoms with E-state index in [0.717, 1.165) is 71.9 Å². The molecule has 0 saturated carbocycles. The number of aliphatic imine (C=N–C) groups is 3. The van der Waals surface area contributed by atoms with E-state index in [4.69, 9.17) is 101 Å². The number of rotatable bonds is 8. The molecule has 6 aromatic carbocycles. The van der Waals surface area contributed by atoms with E-state index in [2.05, 4.69) is 44.5 Å². The highest BCUT2D eigenvalue weighted by Gasteiger charge is 2.31. The highest BCUT2D eigenvalue weighted by Crippen LogP contribution is 2.44. The molecule has 6 heterocycles. The largest absolute Gasteiger partial charge is 0.508 e. The molecule has 3 N–H and O–H groups in total. The van der Waals surface area contributed by atoms with Crippen molar-refractivity contribution in [2.45, 2.75) is 21.3 Å². The molecule has 26 heteroatoms. The van der Waals surface area contributed by atoms with Gasteiger partial charge in [-0.25, -0.2) is 29.4 Å². The molecule has 6 aliphatic rings. The van der Waals surface area contributed by atoms with Gasteiger partial charge in [-0.15, -0.1) is 11.6 Å². The van der Waals surface area contributed by atoms with E-state index in [1.165, 1.54) is 6.08 Å². The Kier molecular flexibility index (Phi) is 27.8. The summed E-state index contributed by atoms with van der Waals surface area (Å²) in [6.07, 6.45) is 3.86. The summed E-state index contributed by atoms with van der Waals surface area (Å²) in [5.74, 6) is 7.84. The van der Waals surface area contributed by atoms with Crippen LogP contribution in [0.25, 0.3) is 0 Å². The number of hydrogen-bond donors (Lipinski definition) is 3. The molecule has 2 amide bonds. The summed E-state index contributed by atoms with van der Waals surface area (Å²) in [5.41, 5.74) is 3.47. The minimum absolute atomic E-state index is 0. The normalized spacial score (nSPS) is 14.6. The van der Waals surface area contributed by atoms with Gasteiger partial charge in [0.2, 0.25) is 0 Å². The number of fused-ring (bicyclic) bond motifs is 6. The first-order valence-corrected chi connectivity index (χ1v) is 31.7. The third-order valence-electron chi connectivity index (χ3n) is 14.1. The molecule has 0 aromatic heterocycles. The molecule has 6 aliphatic heterocycles. The van der Waals surface area contributed by atoms with Gasteiger partial charge in [0, 0.05) is 129 Å². The van der Waals surface area contributed by atoms with Crippen LogP contribution in [0.2, 0.25) is 15.1 Å². The minimum Gasteiger partial charge on any atom is -0.508 e. The molecular weight excluding hydrogens is 1310 g/mol. The molecule has 498 valence electrons. The second-order valence-corrected chi connectivity index (χ2v) is 22.6. The van der Waals surface area contributed by atoms with Crippen molar-refractivity contribution in [1.29, 1.82) is 0 Å². The van der Waals surface area contributed by atoms with Gasteiger partial charge in [0.15, 0.2) is 17.2 Å². The van der Waals surface area contributed by atoms with Crippen LogP contribution >= 0.6 is 58.0 Å². The molecule has 6 aromatic rings. The van der Waals surface area contributed by atoms with E-state index < -0.39 is 5.43 Å². The first-order chi connectivity index (χ1) is 45.0. The predicted molar refractivity (Wildman–Crippen MR) is 371 cm³/mol. The molecule has 3 saturated heterocycles. The molecule has 0 spiro atoms. The number of piperazine rings is 3. The Morgan fingerprint density at radius 1 is 0.511 bits per heavy atom. The SMILES string of the molecule is C.C=CCOC(=O)Cl.C=CCOC(=O)N1CCN(C2=Nc3cc(O)ccc3Oc3ccc(Cl)cc32)CC1.C=CCOC(=O)N1CCN(C2=Nc3cc(OCC)ccc3Oc3ccc(Cl)cc32)CC1.CCCl.Oc1ccc2c(c1)N=C(N1CCNCC1)c1cc(Cl)ccc1O2. The van der Waals surface area contributed by atoms with Gasteiger partial charge >= 0.3 is 17.6 Å². The minimum atomic E-state index is -0.792. The van der Waals surface area contributed by atoms with Gasteiger partial charge in [-0.3, -0.25) is 0 Å². The van der Waals surface area contributed by atoms with Crippen molar-refractivity contribution in [2.24, 2.45) is 15.0 Å². The highest BCUT2D eigenvalue weighted by atomic mass is 35.5. The van der Waals surface area contributed by atoms with Gasteiger partial charge < -0.3 is 73.2 Å². The number of amidine groups is 3. The van der Waals surface area contributed by atoms with E-state index in [1.807, 2.05) is 62.4 Å². The average molecular weight is 1390 g/mol. The van der Waals surface area contributed by atoms with Gasteiger partial charge in [0.25, 0.3) is 0 Å². The summed E-state index contributed by atoms with van der Waals surface area (Å²) in [4.78, 5) is 58.2. The Morgan fingerprint density at radius 3 is 1.20 bits per heavy atom. The maximum absolute atomic E-state index is 12.2. The van der Waals surface area contributed by atoms with Crippen molar-refractivity contribution >= 4 is 110 Å². The summed E-state index contributed by atoms with van der Waals surface area (Å²) in [7, 11) is 0. The van der Waals surface area contributed by atoms with Crippen LogP contribution in [0.5, 0.6) is 51.7 Å². The monoisotopic (exact) mass is 1380 g/mol. The molecule has 21 nitrogen and oxygen atoms in total. The number of nitrogens with one attached hydrogen (secondary N) is 1. The fourth-order valence-electron chi connectivity index (χ4n) is 9.83. The van der Waals surface area contributed by atoms with E-state index in [0.29, 0.717) is 126 Å². The second-order valence-electron chi connectivity index (χ2n) is 20.4. The molecule has 0 radical (unpaired) electrons. The van der Waals surface area contributed by atoms with Crippen LogP contribution < -0.4 is 24.3 Å². The van der Waals surface area contributed by atoms with Gasteiger partial charge in [-0.2, -0.15) is 0 Å². The van der Waals surface area contributed by atoms with Crippen LogP contribution in [0, 0.1) is 0 Å². The van der Waals surface area contributed by atoms with Crippen LogP contribution in [0.3, 0.4) is 0 Å². The number of phenols is 2. The molecule has 94 heavy (non-hydrogen) atoms. The van der Waals surface area contributed by atoms with Crippen LogP contribution in [-0.2, 0) is 14.2 Å². The Bertz CT molecular complexity index is 3740. The van der Waals surface area contributed by atoms with Gasteiger partial charge in [-0.1, -0.05) is 87.1 Å². The Morgan fingerprint density at radius 2 is 0.851 bits per heavy atom. The number of amides is 2. The fraction of sp³-hybridized carbons (Fsp3) is 0.294. The Labute approximate surface area is 572 Å². The first-order valence-electron chi connectivity index (χ1n) is 29.6. The average Bonchev–Trinajstić information content (AvgIpc) is 1.63. The lowest BCUT2D eigenvalue weighted by Crippen LogP contribution is -2.51. The predicted octanol–water partition coefficient (Wildman–Crippen LogP) is 15.6. The molecule has 0 unspecified atom stereocenters. The molecular formula is C68H74Cl5N9O12. The van der Waals surface area contributed by atoms with Gasteiger partial charge in [0.1, 0.15) is 88.9 Å². The number of alkyl halides is 1. The first kappa shape index (κ1) is 72.6. The lowest BCUT2D eigenvalue weighted by molar-refractivity contribution is 0.0959. The zero-order valence-corrected chi connectivity index (χ0v) is 55.0. The number of ether oxygens (including phenoxy) is 7. The zero-order chi connectivity index (χ0) is 66.4. The molecule has 0 bridgehead atoms. The second kappa shape index (κ2) is 36.0. The van der Waals surface area contributed by atoms with Crippen LogP contribution in [-0.4, -0.2) is 181 Å². The number of carbonyl (C=O) groups excluding carboxylic acids is 3. The van der Waals surface area contributed by atoms with E-state index in [1.54, 1.807) is 82.6 Å². The third-order valence-corrected chi connectivity index (χ3v) is 14.9. The lowest BCUT2D eigenvalue weighted by Gasteiger charge is -2.36. The summed E-state index contributed by atoms with van der Waals surface area (Å²) < 4.78 is 38.3. The third kappa shape index (κ3) is 19.9. The summed E-state index contributed by atoms with van der Waals surface area (Å²) in [6, 6.07) is 31.8. The standard InChI is InChI=1S/C23H24ClN3O4.C21H20ClN3O4.C17H16ClN3O2.C4H5ClO2.C2H5Cl.CH4/c1-3-13-30-23(28)27-11-9-26(10-12-27)22-18-14-16(24)5-7-20(18)31-21-8-6-17(29-4-2)15-19(21)25-22;1-2-11-28-21(27)25-9-7-24(8-10-25)20-16-12-14(22)3-5-18(16)29-19-6-4-15(26)13-17(19)23-20;18-11-1-3-15-13(9-11)17(21-7-5-19-6-8-21)20-14-10-12(22)2-4-16(14)23-15;1-2-3-7-4(5)6;1-2-3;/h3,5-8,14-15H,1,4,9-13H2,2H3;2-6,12-13,26H,1,7-11H2;1-4,9-10,19,22H,5-8H2;2H,1,3H2;2H2,1H3;1H4. The van der Waals surface area contributed by atoms with Crippen molar-refractivity contribution in [1.82, 2.24) is 29.8 Å².